The van der Waals surface area contributed by atoms with E-state index >= 15 is 0 Å². The molecule has 19 heavy (non-hydrogen) atoms. The lowest BCUT2D eigenvalue weighted by atomic mass is 10.3. The van der Waals surface area contributed by atoms with Crippen molar-refractivity contribution in [2.45, 2.75) is 6.92 Å². The fraction of sp³-hybridized carbons (Fsp3) is 0.231. The van der Waals surface area contributed by atoms with Gasteiger partial charge >= 0.3 is 0 Å². The lowest BCUT2D eigenvalue weighted by molar-refractivity contribution is 0.318. The lowest BCUT2D eigenvalue weighted by Gasteiger charge is -2.11. The van der Waals surface area contributed by atoms with Crippen molar-refractivity contribution in [2.24, 2.45) is 0 Å². The molecule has 0 unspecified atom stereocenters. The van der Waals surface area contributed by atoms with Gasteiger partial charge in [0, 0.05) is 0 Å². The molecule has 0 saturated heterocycles. The number of ether oxygens (including phenoxy) is 3. The second kappa shape index (κ2) is 5.90. The molecule has 2 N–H and O–H groups in total. The van der Waals surface area contributed by atoms with Crippen LogP contribution in [0.5, 0.6) is 23.3 Å². The number of benzene rings is 1. The van der Waals surface area contributed by atoms with Gasteiger partial charge in [-0.05, 0) is 19.1 Å². The van der Waals surface area contributed by atoms with Gasteiger partial charge < -0.3 is 19.9 Å². The van der Waals surface area contributed by atoms with Crippen LogP contribution in [0.25, 0.3) is 0 Å². The van der Waals surface area contributed by atoms with Gasteiger partial charge in [0.1, 0.15) is 0 Å². The summed E-state index contributed by atoms with van der Waals surface area (Å²) >= 11 is 0. The van der Waals surface area contributed by atoms with Gasteiger partial charge in [0.2, 0.25) is 17.7 Å². The fourth-order valence-electron chi connectivity index (χ4n) is 1.50. The molecule has 6 nitrogen and oxygen atoms in total. The van der Waals surface area contributed by atoms with Gasteiger partial charge in [0.15, 0.2) is 11.5 Å². The third kappa shape index (κ3) is 3.25. The fourth-order valence-corrected chi connectivity index (χ4v) is 1.50. The standard InChI is InChI=1S/C13H15N3O3/c1-3-18-9-6-4-5-7-10(9)19-12-8-11(17-2)15-13(14)16-12/h4-8H,3H2,1-2H3,(H2,14,15,16). The van der Waals surface area contributed by atoms with Crippen LogP contribution in [0, 0.1) is 0 Å². The minimum atomic E-state index is 0.0863. The van der Waals surface area contributed by atoms with E-state index in [4.69, 9.17) is 19.9 Å². The molecular formula is C13H15N3O3. The molecule has 0 atom stereocenters. The maximum Gasteiger partial charge on any atom is 0.228 e. The highest BCUT2D eigenvalue weighted by Gasteiger charge is 2.08. The second-order valence-electron chi connectivity index (χ2n) is 3.59. The summed E-state index contributed by atoms with van der Waals surface area (Å²) < 4.78 is 16.1. The smallest absolute Gasteiger partial charge is 0.228 e. The molecule has 0 amide bonds. The van der Waals surface area contributed by atoms with E-state index in [1.165, 1.54) is 7.11 Å². The van der Waals surface area contributed by atoms with Crippen molar-refractivity contribution in [3.8, 4) is 23.3 Å². The number of nitrogens with zero attached hydrogens (tertiary/aromatic N) is 2. The zero-order valence-corrected chi connectivity index (χ0v) is 10.8. The SMILES string of the molecule is CCOc1ccccc1Oc1cc(OC)nc(N)n1. The zero-order valence-electron chi connectivity index (χ0n) is 10.8. The van der Waals surface area contributed by atoms with Crippen molar-refractivity contribution >= 4 is 5.95 Å². The number of rotatable bonds is 5. The minimum Gasteiger partial charge on any atom is -0.490 e. The Morgan fingerprint density at radius 1 is 1.11 bits per heavy atom. The average molecular weight is 261 g/mol. The molecule has 0 bridgehead atoms. The Hall–Kier alpha value is -2.50. The molecule has 0 aliphatic carbocycles. The molecule has 100 valence electrons. The van der Waals surface area contributed by atoms with Gasteiger partial charge in [-0.15, -0.1) is 0 Å². The van der Waals surface area contributed by atoms with E-state index in [2.05, 4.69) is 9.97 Å². The van der Waals surface area contributed by atoms with Crippen LogP contribution in [0.4, 0.5) is 5.95 Å². The Morgan fingerprint density at radius 3 is 2.47 bits per heavy atom. The normalized spacial score (nSPS) is 10.0. The van der Waals surface area contributed by atoms with Crippen molar-refractivity contribution in [1.29, 1.82) is 0 Å². The van der Waals surface area contributed by atoms with Crippen LogP contribution in [0.1, 0.15) is 6.92 Å². The number of hydrogen-bond acceptors (Lipinski definition) is 6. The van der Waals surface area contributed by atoms with Gasteiger partial charge in [-0.2, -0.15) is 9.97 Å². The Labute approximate surface area is 111 Å². The Kier molecular flexibility index (Phi) is 4.02. The Morgan fingerprint density at radius 2 is 1.79 bits per heavy atom. The summed E-state index contributed by atoms with van der Waals surface area (Å²) in [6.45, 7) is 2.46. The molecule has 0 aliphatic rings. The summed E-state index contributed by atoms with van der Waals surface area (Å²) in [6.07, 6.45) is 0. The first kappa shape index (κ1) is 12.9. The van der Waals surface area contributed by atoms with Crippen molar-refractivity contribution in [3.63, 3.8) is 0 Å². The maximum atomic E-state index is 5.65. The van der Waals surface area contributed by atoms with E-state index in [1.807, 2.05) is 25.1 Å². The third-order valence-electron chi connectivity index (χ3n) is 2.27. The van der Waals surface area contributed by atoms with E-state index in [0.717, 1.165) is 0 Å². The highest BCUT2D eigenvalue weighted by molar-refractivity contribution is 5.42. The van der Waals surface area contributed by atoms with E-state index in [0.29, 0.717) is 29.9 Å². The minimum absolute atomic E-state index is 0.0863. The van der Waals surface area contributed by atoms with E-state index in [9.17, 15) is 0 Å². The number of para-hydroxylation sites is 2. The molecule has 0 radical (unpaired) electrons. The monoisotopic (exact) mass is 261 g/mol. The molecule has 1 heterocycles. The number of aromatic nitrogens is 2. The number of nitrogen functional groups attached to an aromatic ring is 1. The molecule has 2 rings (SSSR count). The van der Waals surface area contributed by atoms with Crippen molar-refractivity contribution < 1.29 is 14.2 Å². The summed E-state index contributed by atoms with van der Waals surface area (Å²) in [4.78, 5) is 7.87. The molecule has 0 aliphatic heterocycles. The third-order valence-corrected chi connectivity index (χ3v) is 2.27. The molecule has 0 fully saturated rings. The quantitative estimate of drug-likeness (QED) is 0.889. The van der Waals surface area contributed by atoms with Gasteiger partial charge in [0.25, 0.3) is 0 Å². The van der Waals surface area contributed by atoms with Crippen LogP contribution >= 0.6 is 0 Å². The lowest BCUT2D eigenvalue weighted by Crippen LogP contribution is -2.00. The first-order chi connectivity index (χ1) is 9.22. The van der Waals surface area contributed by atoms with Crippen LogP contribution < -0.4 is 19.9 Å². The molecular weight excluding hydrogens is 246 g/mol. The van der Waals surface area contributed by atoms with Crippen LogP contribution in [0.3, 0.4) is 0 Å². The van der Waals surface area contributed by atoms with Crippen molar-refractivity contribution in [3.05, 3.63) is 30.3 Å². The van der Waals surface area contributed by atoms with E-state index < -0.39 is 0 Å². The molecule has 6 heteroatoms. The predicted molar refractivity (Wildman–Crippen MR) is 70.7 cm³/mol. The number of methoxy groups -OCH3 is 1. The summed E-state index contributed by atoms with van der Waals surface area (Å²) in [5.41, 5.74) is 5.57. The van der Waals surface area contributed by atoms with Gasteiger partial charge in [0.05, 0.1) is 19.8 Å². The molecule has 0 spiro atoms. The first-order valence-corrected chi connectivity index (χ1v) is 5.81. The summed E-state index contributed by atoms with van der Waals surface area (Å²) in [6, 6.07) is 8.88. The number of anilines is 1. The van der Waals surface area contributed by atoms with Crippen LogP contribution in [-0.2, 0) is 0 Å². The Bertz CT molecular complexity index is 561. The van der Waals surface area contributed by atoms with Crippen molar-refractivity contribution in [1.82, 2.24) is 9.97 Å². The molecule has 2 aromatic rings. The molecule has 1 aromatic carbocycles. The topological polar surface area (TPSA) is 79.5 Å². The van der Waals surface area contributed by atoms with Gasteiger partial charge in [-0.1, -0.05) is 12.1 Å². The highest BCUT2D eigenvalue weighted by atomic mass is 16.5. The van der Waals surface area contributed by atoms with E-state index in [-0.39, 0.29) is 5.95 Å². The summed E-state index contributed by atoms with van der Waals surface area (Å²) in [5, 5.41) is 0. The number of nitrogens with two attached hydrogens (primary N) is 1. The van der Waals surface area contributed by atoms with E-state index in [1.54, 1.807) is 12.1 Å². The average Bonchev–Trinajstić information content (AvgIpc) is 2.40. The predicted octanol–water partition coefficient (Wildman–Crippen LogP) is 2.26. The Balaban J connectivity index is 2.28. The molecule has 1 aromatic heterocycles. The second-order valence-corrected chi connectivity index (χ2v) is 3.59. The highest BCUT2D eigenvalue weighted by Crippen LogP contribution is 2.31. The zero-order chi connectivity index (χ0) is 13.7. The van der Waals surface area contributed by atoms with Crippen molar-refractivity contribution in [2.75, 3.05) is 19.5 Å². The van der Waals surface area contributed by atoms with Crippen LogP contribution in [0.2, 0.25) is 0 Å². The summed E-state index contributed by atoms with van der Waals surface area (Å²) in [7, 11) is 1.50. The molecule has 0 saturated carbocycles. The largest absolute Gasteiger partial charge is 0.490 e. The number of hydrogen-bond donors (Lipinski definition) is 1. The van der Waals surface area contributed by atoms with Gasteiger partial charge in [-0.3, -0.25) is 0 Å². The van der Waals surface area contributed by atoms with Crippen LogP contribution in [-0.4, -0.2) is 23.7 Å². The first-order valence-electron chi connectivity index (χ1n) is 5.81. The maximum absolute atomic E-state index is 5.65. The van der Waals surface area contributed by atoms with Gasteiger partial charge in [-0.25, -0.2) is 0 Å². The summed E-state index contributed by atoms with van der Waals surface area (Å²) in [5.74, 6) is 1.93. The van der Waals surface area contributed by atoms with Crippen LogP contribution in [0.15, 0.2) is 30.3 Å².